The second-order valence-electron chi connectivity index (χ2n) is 6.56. The van der Waals surface area contributed by atoms with Crippen molar-refractivity contribution in [1.29, 1.82) is 0 Å². The SMILES string of the molecule is Cc1cccc(-c2cnc3c(Br)cn(CC(=O)N4CCOCC4)c3c2)c1. The van der Waals surface area contributed by atoms with Gasteiger partial charge in [-0.2, -0.15) is 0 Å². The molecule has 6 heteroatoms. The summed E-state index contributed by atoms with van der Waals surface area (Å²) in [6.45, 7) is 4.93. The molecule has 2 aromatic heterocycles. The van der Waals surface area contributed by atoms with Crippen molar-refractivity contribution < 1.29 is 9.53 Å². The zero-order valence-electron chi connectivity index (χ0n) is 14.6. The van der Waals surface area contributed by atoms with Crippen molar-refractivity contribution in [2.45, 2.75) is 13.5 Å². The molecule has 1 aliphatic heterocycles. The fraction of sp³-hybridized carbons (Fsp3) is 0.300. The van der Waals surface area contributed by atoms with Crippen molar-refractivity contribution in [2.24, 2.45) is 0 Å². The summed E-state index contributed by atoms with van der Waals surface area (Å²) in [6.07, 6.45) is 3.83. The van der Waals surface area contributed by atoms with Crippen LogP contribution in [-0.4, -0.2) is 46.7 Å². The number of aromatic nitrogens is 2. The lowest BCUT2D eigenvalue weighted by Crippen LogP contribution is -2.42. The molecule has 3 aromatic rings. The van der Waals surface area contributed by atoms with Gasteiger partial charge in [0, 0.05) is 31.0 Å². The summed E-state index contributed by atoms with van der Waals surface area (Å²) >= 11 is 3.57. The van der Waals surface area contributed by atoms with Crippen LogP contribution in [0.3, 0.4) is 0 Å². The van der Waals surface area contributed by atoms with Crippen molar-refractivity contribution in [3.05, 3.63) is 52.8 Å². The smallest absolute Gasteiger partial charge is 0.242 e. The normalized spacial score (nSPS) is 14.8. The molecule has 3 heterocycles. The predicted molar refractivity (Wildman–Crippen MR) is 105 cm³/mol. The number of hydrogen-bond donors (Lipinski definition) is 0. The number of morpholine rings is 1. The zero-order valence-corrected chi connectivity index (χ0v) is 16.2. The Bertz CT molecular complexity index is 961. The first-order chi connectivity index (χ1) is 12.6. The maximum Gasteiger partial charge on any atom is 0.242 e. The fourth-order valence-corrected chi connectivity index (χ4v) is 3.85. The molecule has 5 nitrogen and oxygen atoms in total. The highest BCUT2D eigenvalue weighted by Crippen LogP contribution is 2.29. The van der Waals surface area contributed by atoms with E-state index in [2.05, 4.69) is 52.1 Å². The van der Waals surface area contributed by atoms with Gasteiger partial charge in [-0.25, -0.2) is 0 Å². The van der Waals surface area contributed by atoms with Crippen LogP contribution in [-0.2, 0) is 16.1 Å². The minimum atomic E-state index is 0.110. The van der Waals surface area contributed by atoms with Crippen LogP contribution in [0.1, 0.15) is 5.56 Å². The van der Waals surface area contributed by atoms with E-state index in [9.17, 15) is 4.79 Å². The number of carbonyl (C=O) groups is 1. The van der Waals surface area contributed by atoms with Gasteiger partial charge in [0.25, 0.3) is 0 Å². The largest absolute Gasteiger partial charge is 0.378 e. The summed E-state index contributed by atoms with van der Waals surface area (Å²) in [5, 5.41) is 0. The number of ether oxygens (including phenoxy) is 1. The number of fused-ring (bicyclic) bond motifs is 1. The topological polar surface area (TPSA) is 47.4 Å². The van der Waals surface area contributed by atoms with E-state index in [0.717, 1.165) is 26.6 Å². The zero-order chi connectivity index (χ0) is 18.1. The lowest BCUT2D eigenvalue weighted by Gasteiger charge is -2.27. The fourth-order valence-electron chi connectivity index (χ4n) is 3.30. The molecule has 1 fully saturated rings. The van der Waals surface area contributed by atoms with E-state index in [0.29, 0.717) is 32.8 Å². The average molecular weight is 414 g/mol. The molecular weight excluding hydrogens is 394 g/mol. The molecule has 0 spiro atoms. The van der Waals surface area contributed by atoms with Crippen molar-refractivity contribution in [2.75, 3.05) is 26.3 Å². The second-order valence-corrected chi connectivity index (χ2v) is 7.41. The van der Waals surface area contributed by atoms with Gasteiger partial charge in [0.05, 0.1) is 23.2 Å². The molecule has 0 atom stereocenters. The van der Waals surface area contributed by atoms with Crippen LogP contribution in [0.25, 0.3) is 22.2 Å². The number of amides is 1. The van der Waals surface area contributed by atoms with E-state index in [1.807, 2.05) is 27.9 Å². The van der Waals surface area contributed by atoms with E-state index >= 15 is 0 Å². The molecule has 0 unspecified atom stereocenters. The van der Waals surface area contributed by atoms with E-state index < -0.39 is 0 Å². The van der Waals surface area contributed by atoms with Crippen LogP contribution in [0.4, 0.5) is 0 Å². The van der Waals surface area contributed by atoms with Gasteiger partial charge in [-0.15, -0.1) is 0 Å². The highest BCUT2D eigenvalue weighted by atomic mass is 79.9. The Kier molecular flexibility index (Phi) is 4.78. The van der Waals surface area contributed by atoms with E-state index in [-0.39, 0.29) is 5.91 Å². The Morgan fingerprint density at radius 3 is 2.81 bits per heavy atom. The maximum absolute atomic E-state index is 12.6. The summed E-state index contributed by atoms with van der Waals surface area (Å²) in [4.78, 5) is 19.1. The van der Waals surface area contributed by atoms with Gasteiger partial charge in [-0.3, -0.25) is 9.78 Å². The highest BCUT2D eigenvalue weighted by Gasteiger charge is 2.19. The van der Waals surface area contributed by atoms with Crippen molar-refractivity contribution >= 4 is 32.9 Å². The van der Waals surface area contributed by atoms with Gasteiger partial charge in [0.1, 0.15) is 12.1 Å². The molecular formula is C20H20BrN3O2. The number of hydrogen-bond acceptors (Lipinski definition) is 3. The van der Waals surface area contributed by atoms with Crippen LogP contribution < -0.4 is 0 Å². The molecule has 1 saturated heterocycles. The number of halogens is 1. The molecule has 1 amide bonds. The first-order valence-corrected chi connectivity index (χ1v) is 9.48. The van der Waals surface area contributed by atoms with E-state index in [1.54, 1.807) is 0 Å². The van der Waals surface area contributed by atoms with Crippen molar-refractivity contribution in [3.8, 4) is 11.1 Å². The molecule has 134 valence electrons. The van der Waals surface area contributed by atoms with Gasteiger partial charge >= 0.3 is 0 Å². The summed E-state index contributed by atoms with van der Waals surface area (Å²) in [6, 6.07) is 10.5. The first kappa shape index (κ1) is 17.2. The van der Waals surface area contributed by atoms with Gasteiger partial charge in [0.2, 0.25) is 5.91 Å². The maximum atomic E-state index is 12.6. The van der Waals surface area contributed by atoms with Gasteiger partial charge in [0.15, 0.2) is 0 Å². The second kappa shape index (κ2) is 7.21. The summed E-state index contributed by atoms with van der Waals surface area (Å²) in [5.41, 5.74) is 5.21. The van der Waals surface area contributed by atoms with Gasteiger partial charge < -0.3 is 14.2 Å². The summed E-state index contributed by atoms with van der Waals surface area (Å²) < 4.78 is 8.21. The molecule has 0 bridgehead atoms. The average Bonchev–Trinajstić information content (AvgIpc) is 2.97. The molecule has 1 aromatic carbocycles. The Labute approximate surface area is 160 Å². The summed E-state index contributed by atoms with van der Waals surface area (Å²) in [7, 11) is 0. The lowest BCUT2D eigenvalue weighted by molar-refractivity contribution is -0.135. The monoisotopic (exact) mass is 413 g/mol. The summed E-state index contributed by atoms with van der Waals surface area (Å²) in [5.74, 6) is 0.110. The number of carbonyl (C=O) groups excluding carboxylic acids is 1. The first-order valence-electron chi connectivity index (χ1n) is 8.69. The number of aryl methyl sites for hydroxylation is 1. The van der Waals surface area contributed by atoms with Crippen LogP contribution in [0.5, 0.6) is 0 Å². The third-order valence-electron chi connectivity index (χ3n) is 4.69. The Morgan fingerprint density at radius 1 is 1.23 bits per heavy atom. The van der Waals surface area contributed by atoms with Crippen LogP contribution in [0.2, 0.25) is 0 Å². The Morgan fingerprint density at radius 2 is 2.04 bits per heavy atom. The predicted octanol–water partition coefficient (Wildman–Crippen LogP) is 3.63. The van der Waals surface area contributed by atoms with Crippen LogP contribution in [0.15, 0.2) is 47.2 Å². The molecule has 1 aliphatic rings. The number of pyridine rings is 1. The minimum absolute atomic E-state index is 0.110. The molecule has 0 aliphatic carbocycles. The molecule has 0 N–H and O–H groups in total. The van der Waals surface area contributed by atoms with Crippen LogP contribution >= 0.6 is 15.9 Å². The van der Waals surface area contributed by atoms with Crippen LogP contribution in [0, 0.1) is 6.92 Å². The van der Waals surface area contributed by atoms with Gasteiger partial charge in [-0.05, 0) is 34.5 Å². The minimum Gasteiger partial charge on any atom is -0.378 e. The molecule has 0 saturated carbocycles. The third kappa shape index (κ3) is 3.39. The van der Waals surface area contributed by atoms with Gasteiger partial charge in [-0.1, -0.05) is 29.8 Å². The lowest BCUT2D eigenvalue weighted by atomic mass is 10.1. The Hall–Kier alpha value is -2.18. The number of benzene rings is 1. The molecule has 26 heavy (non-hydrogen) atoms. The van der Waals surface area contributed by atoms with E-state index in [4.69, 9.17) is 4.74 Å². The number of nitrogens with zero attached hydrogens (tertiary/aromatic N) is 3. The Balaban J connectivity index is 1.68. The molecule has 0 radical (unpaired) electrons. The number of rotatable bonds is 3. The van der Waals surface area contributed by atoms with Crippen molar-refractivity contribution in [3.63, 3.8) is 0 Å². The third-order valence-corrected chi connectivity index (χ3v) is 5.27. The quantitative estimate of drug-likeness (QED) is 0.658. The molecule has 4 rings (SSSR count). The standard InChI is InChI=1S/C20H20BrN3O2/c1-14-3-2-4-15(9-14)16-10-18-20(22-11-16)17(21)12-24(18)13-19(25)23-5-7-26-8-6-23/h2-4,9-12H,5-8,13H2,1H3. The van der Waals surface area contributed by atoms with Crippen molar-refractivity contribution in [1.82, 2.24) is 14.5 Å². The van der Waals surface area contributed by atoms with E-state index in [1.165, 1.54) is 5.56 Å². The highest BCUT2D eigenvalue weighted by molar-refractivity contribution is 9.10.